The normalized spacial score (nSPS) is 11.4. The molecule has 0 spiro atoms. The lowest BCUT2D eigenvalue weighted by Crippen LogP contribution is -2.24. The van der Waals surface area contributed by atoms with Crippen molar-refractivity contribution in [2.75, 3.05) is 5.32 Å². The Labute approximate surface area is 195 Å². The molecule has 2 heterocycles. The van der Waals surface area contributed by atoms with Gasteiger partial charge in [0.25, 0.3) is 0 Å². The number of ketones is 1. The summed E-state index contributed by atoms with van der Waals surface area (Å²) in [6.45, 7) is -0.370. The van der Waals surface area contributed by atoms with Crippen LogP contribution in [-0.2, 0) is 17.5 Å². The summed E-state index contributed by atoms with van der Waals surface area (Å²) in [6, 6.07) is 11.6. The number of aromatic nitrogens is 2. The van der Waals surface area contributed by atoms with Crippen molar-refractivity contribution in [3.8, 4) is 0 Å². The van der Waals surface area contributed by atoms with Gasteiger partial charge in [-0.05, 0) is 48.5 Å². The van der Waals surface area contributed by atoms with E-state index in [1.54, 1.807) is 0 Å². The minimum atomic E-state index is -4.56. The summed E-state index contributed by atoms with van der Waals surface area (Å²) >= 11 is 6.04. The molecule has 1 N–H and O–H groups in total. The molecule has 2 aromatic heterocycles. The second-order valence-corrected chi connectivity index (χ2v) is 7.79. The summed E-state index contributed by atoms with van der Waals surface area (Å²) in [5.41, 5.74) is -1.13. The van der Waals surface area contributed by atoms with Crippen LogP contribution >= 0.6 is 11.6 Å². The molecule has 0 fully saturated rings. The van der Waals surface area contributed by atoms with Gasteiger partial charge in [0, 0.05) is 40.3 Å². The van der Waals surface area contributed by atoms with Crippen LogP contribution in [0.25, 0.3) is 10.9 Å². The zero-order valence-corrected chi connectivity index (χ0v) is 18.0. The summed E-state index contributed by atoms with van der Waals surface area (Å²) in [5.74, 6) is -1.22. The van der Waals surface area contributed by atoms with E-state index in [1.165, 1.54) is 65.6 Å². The third-order valence-corrected chi connectivity index (χ3v) is 5.25. The van der Waals surface area contributed by atoms with E-state index in [2.05, 4.69) is 10.3 Å². The van der Waals surface area contributed by atoms with Crippen LogP contribution in [0.5, 0.6) is 0 Å². The summed E-state index contributed by atoms with van der Waals surface area (Å²) < 4.78 is 40.3. The maximum absolute atomic E-state index is 13.0. The Balaban J connectivity index is 1.72. The van der Waals surface area contributed by atoms with E-state index in [0.29, 0.717) is 5.52 Å². The zero-order valence-electron chi connectivity index (χ0n) is 17.3. The predicted molar refractivity (Wildman–Crippen MR) is 121 cm³/mol. The number of rotatable bonds is 5. The number of hydrogen-bond donors (Lipinski definition) is 1. The van der Waals surface area contributed by atoms with E-state index < -0.39 is 28.9 Å². The van der Waals surface area contributed by atoms with Crippen molar-refractivity contribution in [1.82, 2.24) is 9.55 Å². The first kappa shape index (κ1) is 23.2. The Kier molecular flexibility index (Phi) is 6.21. The molecule has 10 heteroatoms. The van der Waals surface area contributed by atoms with Gasteiger partial charge in [-0.2, -0.15) is 13.2 Å². The monoisotopic (exact) mass is 485 g/mol. The molecule has 0 unspecified atom stereocenters. The standard InChI is InChI=1S/C24H15ClF3N3O3/c25-16-4-5-20-18(11-16)23(34)19(22(33)14-6-8-29-9-7-14)12-31(20)13-21(32)30-17-3-1-2-15(10-17)24(26,27)28/h1-12H,13H2,(H,30,32). The molecule has 0 saturated heterocycles. The van der Waals surface area contributed by atoms with Crippen LogP contribution in [0.1, 0.15) is 21.5 Å². The predicted octanol–water partition coefficient (Wildman–Crippen LogP) is 4.94. The molecule has 0 saturated carbocycles. The van der Waals surface area contributed by atoms with Gasteiger partial charge in [0.05, 0.1) is 16.6 Å². The number of nitrogens with one attached hydrogen (secondary N) is 1. The van der Waals surface area contributed by atoms with E-state index in [-0.39, 0.29) is 33.8 Å². The lowest BCUT2D eigenvalue weighted by Gasteiger charge is -2.14. The highest BCUT2D eigenvalue weighted by Gasteiger charge is 2.30. The molecule has 4 rings (SSSR count). The zero-order chi connectivity index (χ0) is 24.5. The fourth-order valence-electron chi connectivity index (χ4n) is 3.45. The van der Waals surface area contributed by atoms with Gasteiger partial charge in [0.1, 0.15) is 6.54 Å². The molecule has 172 valence electrons. The number of anilines is 1. The third-order valence-electron chi connectivity index (χ3n) is 5.02. The molecule has 0 aliphatic rings. The molecule has 4 aromatic rings. The van der Waals surface area contributed by atoms with Crippen molar-refractivity contribution in [2.24, 2.45) is 0 Å². The summed E-state index contributed by atoms with van der Waals surface area (Å²) in [4.78, 5) is 42.5. The molecule has 0 radical (unpaired) electrons. The molecular weight excluding hydrogens is 471 g/mol. The molecule has 0 aliphatic heterocycles. The first-order valence-electron chi connectivity index (χ1n) is 9.88. The Bertz CT molecular complexity index is 1470. The first-order valence-corrected chi connectivity index (χ1v) is 10.3. The SMILES string of the molecule is O=C(Cn1cc(C(=O)c2ccncc2)c(=O)c2cc(Cl)ccc21)Nc1cccc(C(F)(F)F)c1. The van der Waals surface area contributed by atoms with Gasteiger partial charge in [-0.15, -0.1) is 0 Å². The molecule has 1 amide bonds. The number of alkyl halides is 3. The summed E-state index contributed by atoms with van der Waals surface area (Å²) in [5, 5.41) is 2.80. The van der Waals surface area contributed by atoms with Gasteiger partial charge in [-0.3, -0.25) is 19.4 Å². The van der Waals surface area contributed by atoms with E-state index in [4.69, 9.17) is 11.6 Å². The van der Waals surface area contributed by atoms with Crippen molar-refractivity contribution >= 4 is 39.9 Å². The average molecular weight is 486 g/mol. The minimum absolute atomic E-state index is 0.0405. The highest BCUT2D eigenvalue weighted by atomic mass is 35.5. The number of amides is 1. The highest BCUT2D eigenvalue weighted by molar-refractivity contribution is 6.31. The number of halogens is 4. The Morgan fingerprint density at radius 3 is 2.47 bits per heavy atom. The van der Waals surface area contributed by atoms with Crippen LogP contribution in [-0.4, -0.2) is 21.2 Å². The average Bonchev–Trinajstić information content (AvgIpc) is 2.80. The van der Waals surface area contributed by atoms with E-state index in [9.17, 15) is 27.6 Å². The second-order valence-electron chi connectivity index (χ2n) is 7.35. The summed E-state index contributed by atoms with van der Waals surface area (Å²) in [7, 11) is 0. The van der Waals surface area contributed by atoms with Crippen molar-refractivity contribution in [2.45, 2.75) is 12.7 Å². The second kappa shape index (κ2) is 9.11. The molecule has 0 bridgehead atoms. The topological polar surface area (TPSA) is 81.1 Å². The quantitative estimate of drug-likeness (QED) is 0.406. The van der Waals surface area contributed by atoms with Gasteiger partial charge in [0.15, 0.2) is 5.78 Å². The lowest BCUT2D eigenvalue weighted by atomic mass is 10.0. The number of fused-ring (bicyclic) bond motifs is 1. The number of carbonyl (C=O) groups excluding carboxylic acids is 2. The fourth-order valence-corrected chi connectivity index (χ4v) is 3.62. The fraction of sp³-hybridized carbons (Fsp3) is 0.0833. The van der Waals surface area contributed by atoms with Crippen LogP contribution in [0.2, 0.25) is 5.02 Å². The minimum Gasteiger partial charge on any atom is -0.337 e. The van der Waals surface area contributed by atoms with Crippen LogP contribution in [0.4, 0.5) is 18.9 Å². The van der Waals surface area contributed by atoms with Gasteiger partial charge < -0.3 is 9.88 Å². The number of benzene rings is 2. The smallest absolute Gasteiger partial charge is 0.337 e. The van der Waals surface area contributed by atoms with Gasteiger partial charge >= 0.3 is 6.18 Å². The third kappa shape index (κ3) is 4.84. The highest BCUT2D eigenvalue weighted by Crippen LogP contribution is 2.30. The number of carbonyl (C=O) groups is 2. The van der Waals surface area contributed by atoms with E-state index >= 15 is 0 Å². The number of pyridine rings is 2. The van der Waals surface area contributed by atoms with Crippen LogP contribution in [0, 0.1) is 0 Å². The van der Waals surface area contributed by atoms with Gasteiger partial charge in [0.2, 0.25) is 11.3 Å². The Morgan fingerprint density at radius 1 is 1.03 bits per heavy atom. The molecule has 34 heavy (non-hydrogen) atoms. The van der Waals surface area contributed by atoms with E-state index in [0.717, 1.165) is 12.1 Å². The molecule has 6 nitrogen and oxygen atoms in total. The van der Waals surface area contributed by atoms with Crippen molar-refractivity contribution in [1.29, 1.82) is 0 Å². The Morgan fingerprint density at radius 2 is 1.76 bits per heavy atom. The molecule has 0 aliphatic carbocycles. The van der Waals surface area contributed by atoms with Crippen LogP contribution < -0.4 is 10.7 Å². The van der Waals surface area contributed by atoms with Crippen molar-refractivity contribution < 1.29 is 22.8 Å². The van der Waals surface area contributed by atoms with Gasteiger partial charge in [-0.25, -0.2) is 0 Å². The first-order chi connectivity index (χ1) is 16.1. The van der Waals surface area contributed by atoms with Crippen LogP contribution in [0.15, 0.2) is 78.0 Å². The van der Waals surface area contributed by atoms with Crippen molar-refractivity contribution in [3.63, 3.8) is 0 Å². The van der Waals surface area contributed by atoms with Gasteiger partial charge in [-0.1, -0.05) is 17.7 Å². The Hall–Kier alpha value is -3.98. The van der Waals surface area contributed by atoms with Crippen molar-refractivity contribution in [3.05, 3.63) is 105 Å². The maximum atomic E-state index is 13.0. The lowest BCUT2D eigenvalue weighted by molar-refractivity contribution is -0.137. The largest absolute Gasteiger partial charge is 0.416 e. The van der Waals surface area contributed by atoms with E-state index in [1.807, 2.05) is 0 Å². The molecule has 0 atom stereocenters. The number of nitrogens with zero attached hydrogens (tertiary/aromatic N) is 2. The number of hydrogen-bond acceptors (Lipinski definition) is 4. The summed E-state index contributed by atoms with van der Waals surface area (Å²) in [6.07, 6.45) is -0.484. The molecular formula is C24H15ClF3N3O3. The maximum Gasteiger partial charge on any atom is 0.416 e. The van der Waals surface area contributed by atoms with Crippen LogP contribution in [0.3, 0.4) is 0 Å². The molecule has 2 aromatic carbocycles.